The third-order valence-corrected chi connectivity index (χ3v) is 7.77. The Morgan fingerprint density at radius 1 is 1.08 bits per heavy atom. The zero-order valence-electron chi connectivity index (χ0n) is 20.8. The van der Waals surface area contributed by atoms with Gasteiger partial charge in [-0.2, -0.15) is 0 Å². The van der Waals surface area contributed by atoms with Crippen molar-refractivity contribution in [3.63, 3.8) is 0 Å². The van der Waals surface area contributed by atoms with Crippen LogP contribution in [0.15, 0.2) is 34.7 Å². The van der Waals surface area contributed by atoms with Crippen LogP contribution in [0.5, 0.6) is 5.75 Å². The fraction of sp³-hybridized carbons (Fsp3) is 0.296. The monoisotopic (exact) mass is 537 g/mol. The van der Waals surface area contributed by atoms with Gasteiger partial charge in [0.1, 0.15) is 28.1 Å². The molecule has 0 unspecified atom stereocenters. The fourth-order valence-electron chi connectivity index (χ4n) is 5.67. The Morgan fingerprint density at radius 3 is 2.49 bits per heavy atom. The van der Waals surface area contributed by atoms with E-state index < -0.39 is 52.0 Å². The summed E-state index contributed by atoms with van der Waals surface area (Å²) in [6, 6.07) is 6.78. The topological polar surface area (TPSA) is 135 Å². The fourth-order valence-corrected chi connectivity index (χ4v) is 5.67. The van der Waals surface area contributed by atoms with Gasteiger partial charge in [-0.1, -0.05) is 6.07 Å². The second kappa shape index (κ2) is 8.19. The Morgan fingerprint density at radius 2 is 1.85 bits per heavy atom. The molecule has 12 heteroatoms. The second-order valence-electron chi connectivity index (χ2n) is 10.2. The minimum absolute atomic E-state index is 0.00820. The van der Waals surface area contributed by atoms with E-state index >= 15 is 4.39 Å². The highest BCUT2D eigenvalue weighted by Gasteiger charge is 2.53. The summed E-state index contributed by atoms with van der Waals surface area (Å²) in [6.45, 7) is 1.07. The quantitative estimate of drug-likeness (QED) is 0.375. The molecular formula is C27H21F2N3O7. The molecule has 10 nitrogen and oxygen atoms in total. The van der Waals surface area contributed by atoms with E-state index in [-0.39, 0.29) is 54.2 Å². The number of carbonyl (C=O) groups excluding carboxylic acids is 5. The first-order valence-electron chi connectivity index (χ1n) is 12.0. The van der Waals surface area contributed by atoms with Crippen molar-refractivity contribution in [3.05, 3.63) is 64.4 Å². The highest BCUT2D eigenvalue weighted by Crippen LogP contribution is 2.41. The third kappa shape index (κ3) is 3.47. The maximum atomic E-state index is 15.2. The number of hydrogen-bond acceptors (Lipinski definition) is 7. The van der Waals surface area contributed by atoms with Crippen molar-refractivity contribution in [2.45, 2.75) is 37.3 Å². The number of nitrogens with one attached hydrogen (secondary N) is 2. The van der Waals surface area contributed by atoms with Crippen LogP contribution >= 0.6 is 0 Å². The zero-order chi connectivity index (χ0) is 27.9. The molecule has 0 spiro atoms. The SMILES string of the molecule is COc1ccc2c(c1F)C(=O)N(C[C@@]1(c3cc4cc([C@]5(C)NC(=O)CC5=O)c(F)cc4o3)CC(=O)NC1=O)C2. The smallest absolute Gasteiger partial charge is 0.257 e. The lowest BCUT2D eigenvalue weighted by Crippen LogP contribution is -2.46. The third-order valence-electron chi connectivity index (χ3n) is 7.77. The van der Waals surface area contributed by atoms with Crippen molar-refractivity contribution >= 4 is 40.4 Å². The molecule has 4 amide bonds. The molecule has 0 saturated carbocycles. The molecule has 3 aromatic rings. The molecule has 0 aliphatic carbocycles. The maximum absolute atomic E-state index is 15.2. The van der Waals surface area contributed by atoms with Crippen molar-refractivity contribution in [1.82, 2.24) is 15.5 Å². The summed E-state index contributed by atoms with van der Waals surface area (Å²) in [5.41, 5.74) is -3.08. The number of amides is 4. The molecule has 2 fully saturated rings. The van der Waals surface area contributed by atoms with Gasteiger partial charge in [-0.15, -0.1) is 0 Å². The predicted molar refractivity (Wildman–Crippen MR) is 128 cm³/mol. The van der Waals surface area contributed by atoms with Gasteiger partial charge in [-0.25, -0.2) is 8.78 Å². The standard InChI is InChI=1S/C27H21F2N3O7/c1-26(18(33)8-20(34)31-26)14-5-13-6-19(39-17(13)7-15(14)28)27(9-21(35)30-25(27)37)11-32-10-12-3-4-16(38-2)23(29)22(12)24(32)36/h3-7H,8-11H2,1-2H3,(H,31,34)(H,30,35,37)/t26-,27+/m0/s1. The van der Waals surface area contributed by atoms with Crippen molar-refractivity contribution in [3.8, 4) is 5.75 Å². The zero-order valence-corrected chi connectivity index (χ0v) is 20.8. The molecule has 0 radical (unpaired) electrons. The number of halogens is 2. The first-order valence-corrected chi connectivity index (χ1v) is 12.0. The van der Waals surface area contributed by atoms with Crippen molar-refractivity contribution < 1.29 is 41.9 Å². The number of rotatable bonds is 5. The highest BCUT2D eigenvalue weighted by molar-refractivity contribution is 6.11. The Hall–Kier alpha value is -4.61. The van der Waals surface area contributed by atoms with E-state index in [0.717, 1.165) is 6.07 Å². The molecule has 2 N–H and O–H groups in total. The van der Waals surface area contributed by atoms with Gasteiger partial charge in [-0.05, 0) is 30.7 Å². The van der Waals surface area contributed by atoms with Gasteiger partial charge < -0.3 is 19.4 Å². The summed E-state index contributed by atoms with van der Waals surface area (Å²) >= 11 is 0. The van der Waals surface area contributed by atoms with Gasteiger partial charge in [0.15, 0.2) is 17.3 Å². The second-order valence-corrected chi connectivity index (χ2v) is 10.2. The number of imide groups is 1. The van der Waals surface area contributed by atoms with E-state index in [1.165, 1.54) is 37.1 Å². The molecule has 3 aliphatic rings. The molecule has 2 aromatic carbocycles. The van der Waals surface area contributed by atoms with E-state index in [1.807, 2.05) is 0 Å². The number of fused-ring (bicyclic) bond motifs is 2. The summed E-state index contributed by atoms with van der Waals surface area (Å²) in [6.07, 6.45) is -0.742. The van der Waals surface area contributed by atoms with Gasteiger partial charge in [-0.3, -0.25) is 29.3 Å². The van der Waals surface area contributed by atoms with Crippen LogP contribution in [0.2, 0.25) is 0 Å². The molecule has 200 valence electrons. The molecule has 0 bridgehead atoms. The summed E-state index contributed by atoms with van der Waals surface area (Å²) in [5, 5.41) is 5.06. The Kier molecular flexibility index (Phi) is 5.19. The lowest BCUT2D eigenvalue weighted by Gasteiger charge is -2.28. The van der Waals surface area contributed by atoms with Gasteiger partial charge >= 0.3 is 0 Å². The number of carbonyl (C=O) groups is 5. The molecule has 2 atom stereocenters. The van der Waals surface area contributed by atoms with Crippen LogP contribution < -0.4 is 15.4 Å². The van der Waals surface area contributed by atoms with Crippen molar-refractivity contribution in [2.75, 3.05) is 13.7 Å². The number of ether oxygens (including phenoxy) is 1. The Balaban J connectivity index is 1.41. The number of hydrogen-bond donors (Lipinski definition) is 2. The predicted octanol–water partition coefficient (Wildman–Crippen LogP) is 1.96. The number of methoxy groups -OCH3 is 1. The van der Waals surface area contributed by atoms with E-state index in [1.54, 1.807) is 6.07 Å². The minimum atomic E-state index is -1.67. The molecule has 3 aliphatic heterocycles. The first-order chi connectivity index (χ1) is 18.5. The van der Waals surface area contributed by atoms with E-state index in [9.17, 15) is 28.4 Å². The molecule has 2 saturated heterocycles. The van der Waals surface area contributed by atoms with Crippen LogP contribution in [0.25, 0.3) is 11.0 Å². The Bertz CT molecular complexity index is 1660. The van der Waals surface area contributed by atoms with Gasteiger partial charge in [0.05, 0.1) is 25.5 Å². The van der Waals surface area contributed by atoms with Crippen LogP contribution in [-0.2, 0) is 36.7 Å². The van der Waals surface area contributed by atoms with Crippen molar-refractivity contribution in [2.24, 2.45) is 0 Å². The van der Waals surface area contributed by atoms with E-state index in [0.29, 0.717) is 10.9 Å². The molecule has 39 heavy (non-hydrogen) atoms. The Labute approximate surface area is 219 Å². The largest absolute Gasteiger partial charge is 0.494 e. The lowest BCUT2D eigenvalue weighted by molar-refractivity contribution is -0.127. The summed E-state index contributed by atoms with van der Waals surface area (Å²) in [5.74, 6) is -4.77. The van der Waals surface area contributed by atoms with Crippen LogP contribution in [0.4, 0.5) is 8.78 Å². The van der Waals surface area contributed by atoms with Crippen molar-refractivity contribution in [1.29, 1.82) is 0 Å². The summed E-state index contributed by atoms with van der Waals surface area (Å²) in [7, 11) is 1.28. The number of nitrogens with zero attached hydrogens (tertiary/aromatic N) is 1. The first kappa shape index (κ1) is 24.7. The number of furan rings is 1. The van der Waals surface area contributed by atoms with Crippen LogP contribution in [0.3, 0.4) is 0 Å². The average Bonchev–Trinajstić information content (AvgIpc) is 3.58. The highest BCUT2D eigenvalue weighted by atomic mass is 19.1. The van der Waals surface area contributed by atoms with Crippen LogP contribution in [0, 0.1) is 11.6 Å². The summed E-state index contributed by atoms with van der Waals surface area (Å²) in [4.78, 5) is 64.3. The number of Topliss-reactive ketones (excluding diaryl/α,β-unsaturated/α-hetero) is 1. The van der Waals surface area contributed by atoms with Gasteiger partial charge in [0.2, 0.25) is 17.7 Å². The number of benzene rings is 2. The van der Waals surface area contributed by atoms with E-state index in [2.05, 4.69) is 10.6 Å². The normalized spacial score (nSPS) is 24.5. The van der Waals surface area contributed by atoms with E-state index in [4.69, 9.17) is 9.15 Å². The molecule has 6 rings (SSSR count). The molecule has 1 aromatic heterocycles. The lowest BCUT2D eigenvalue weighted by atomic mass is 9.82. The summed E-state index contributed by atoms with van der Waals surface area (Å²) < 4.78 is 40.9. The average molecular weight is 537 g/mol. The van der Waals surface area contributed by atoms with Gasteiger partial charge in [0, 0.05) is 30.1 Å². The van der Waals surface area contributed by atoms with Crippen LogP contribution in [-0.4, -0.2) is 48.0 Å². The molecular weight excluding hydrogens is 516 g/mol. The molecule has 4 heterocycles. The number of ketones is 1. The van der Waals surface area contributed by atoms with Gasteiger partial charge in [0.25, 0.3) is 5.91 Å². The maximum Gasteiger partial charge on any atom is 0.257 e. The minimum Gasteiger partial charge on any atom is -0.494 e. The van der Waals surface area contributed by atoms with Crippen LogP contribution in [0.1, 0.15) is 47.0 Å².